The van der Waals surface area contributed by atoms with Gasteiger partial charge in [-0.3, -0.25) is 4.98 Å². The Balaban J connectivity index is 3.23. The Hall–Kier alpha value is -0.370. The van der Waals surface area contributed by atoms with E-state index in [9.17, 15) is 13.2 Å². The monoisotopic (exact) mass is 302 g/mol. The van der Waals surface area contributed by atoms with E-state index in [1.807, 2.05) is 0 Å². The van der Waals surface area contributed by atoms with Gasteiger partial charge in [0, 0.05) is 18.3 Å². The summed E-state index contributed by atoms with van der Waals surface area (Å²) in [5.41, 5.74) is 4.79. The Kier molecular flexibility index (Phi) is 3.48. The van der Waals surface area contributed by atoms with E-state index in [0.717, 1.165) is 6.20 Å². The second-order valence-corrected chi connectivity index (χ2v) is 3.38. The van der Waals surface area contributed by atoms with Crippen LogP contribution < -0.4 is 5.73 Å². The number of hydrogen-bond donors (Lipinski definition) is 1. The van der Waals surface area contributed by atoms with Gasteiger partial charge in [-0.25, -0.2) is 13.2 Å². The molecule has 2 nitrogen and oxygen atoms in total. The molecule has 0 atom stereocenters. The molecule has 0 saturated carbocycles. The van der Waals surface area contributed by atoms with Crippen molar-refractivity contribution in [3.63, 3.8) is 0 Å². The third kappa shape index (κ3) is 2.11. The molecule has 0 aliphatic heterocycles. The lowest BCUT2D eigenvalue weighted by atomic mass is 10.2. The highest BCUT2D eigenvalue weighted by Gasteiger charge is 2.18. The topological polar surface area (TPSA) is 38.9 Å². The van der Waals surface area contributed by atoms with Crippen LogP contribution in [-0.4, -0.2) is 4.98 Å². The molecule has 0 amide bonds. The van der Waals surface area contributed by atoms with Crippen LogP contribution in [0.15, 0.2) is 6.20 Å². The minimum Gasteiger partial charge on any atom is -0.326 e. The molecule has 1 rings (SSSR count). The minimum absolute atomic E-state index is 0.0433. The first-order valence-electron chi connectivity index (χ1n) is 3.39. The van der Waals surface area contributed by atoms with Crippen LogP contribution in [0.1, 0.15) is 17.7 Å². The molecule has 1 heterocycles. The molecule has 1 aromatic rings. The second-order valence-electron chi connectivity index (χ2n) is 2.30. The Morgan fingerprint density at radius 2 is 2.15 bits per heavy atom. The summed E-state index contributed by atoms with van der Waals surface area (Å²) in [6, 6.07) is 0. The smallest absolute Gasteiger partial charge is 0.281 e. The summed E-state index contributed by atoms with van der Waals surface area (Å²) < 4.78 is 37.4. The van der Waals surface area contributed by atoms with Crippen LogP contribution in [0.3, 0.4) is 0 Å². The molecule has 13 heavy (non-hydrogen) atoms. The van der Waals surface area contributed by atoms with Crippen molar-refractivity contribution in [1.82, 2.24) is 4.98 Å². The van der Waals surface area contributed by atoms with E-state index >= 15 is 0 Å². The van der Waals surface area contributed by atoms with Gasteiger partial charge < -0.3 is 5.73 Å². The van der Waals surface area contributed by atoms with E-state index in [2.05, 4.69) is 4.98 Å². The highest BCUT2D eigenvalue weighted by Crippen LogP contribution is 2.25. The summed E-state index contributed by atoms with van der Waals surface area (Å²) in [6.45, 7) is -0.0433. The zero-order valence-corrected chi connectivity index (χ0v) is 8.56. The van der Waals surface area contributed by atoms with Crippen LogP contribution in [0.25, 0.3) is 0 Å². The molecule has 0 aliphatic rings. The number of hydrogen-bond acceptors (Lipinski definition) is 2. The van der Waals surface area contributed by atoms with E-state index in [1.165, 1.54) is 22.6 Å². The lowest BCUT2D eigenvalue weighted by Gasteiger charge is -2.06. The molecule has 0 saturated heterocycles. The first-order chi connectivity index (χ1) is 6.07. The van der Waals surface area contributed by atoms with Crippen molar-refractivity contribution in [3.8, 4) is 0 Å². The number of halogens is 4. The van der Waals surface area contributed by atoms with E-state index in [-0.39, 0.29) is 15.7 Å². The standard InChI is InChI=1S/C7H6F3IN2/c8-4-3(1-12)2-13-6(5(4)11)7(9)10/h2,7H,1,12H2. The Labute approximate surface area is 86.5 Å². The van der Waals surface area contributed by atoms with Crippen molar-refractivity contribution >= 4 is 22.6 Å². The first kappa shape index (κ1) is 10.7. The molecule has 0 bridgehead atoms. The number of nitrogens with zero attached hydrogens (tertiary/aromatic N) is 1. The van der Waals surface area contributed by atoms with Crippen LogP contribution in [0.4, 0.5) is 13.2 Å². The molecule has 72 valence electrons. The molecule has 1 aromatic heterocycles. The van der Waals surface area contributed by atoms with Gasteiger partial charge in [0.05, 0.1) is 3.57 Å². The Morgan fingerprint density at radius 3 is 2.62 bits per heavy atom. The van der Waals surface area contributed by atoms with E-state index in [1.54, 1.807) is 0 Å². The summed E-state index contributed by atoms with van der Waals surface area (Å²) in [6.07, 6.45) is -1.72. The highest BCUT2D eigenvalue weighted by molar-refractivity contribution is 14.1. The van der Waals surface area contributed by atoms with Crippen molar-refractivity contribution in [2.45, 2.75) is 13.0 Å². The van der Waals surface area contributed by atoms with Crippen LogP contribution in [-0.2, 0) is 6.54 Å². The molecule has 6 heteroatoms. The highest BCUT2D eigenvalue weighted by atomic mass is 127. The lowest BCUT2D eigenvalue weighted by molar-refractivity contribution is 0.144. The van der Waals surface area contributed by atoms with Gasteiger partial charge in [-0.05, 0) is 22.6 Å². The lowest BCUT2D eigenvalue weighted by Crippen LogP contribution is -2.06. The van der Waals surface area contributed by atoms with Crippen LogP contribution in [0, 0.1) is 9.39 Å². The van der Waals surface area contributed by atoms with Crippen LogP contribution >= 0.6 is 22.6 Å². The average molecular weight is 302 g/mol. The summed E-state index contributed by atoms with van der Waals surface area (Å²) >= 11 is 1.50. The number of aromatic nitrogens is 1. The SMILES string of the molecule is NCc1cnc(C(F)F)c(I)c1F. The number of nitrogens with two attached hydrogens (primary N) is 1. The predicted molar refractivity (Wildman–Crippen MR) is 49.8 cm³/mol. The van der Waals surface area contributed by atoms with Crippen LogP contribution in [0.5, 0.6) is 0 Å². The third-order valence-corrected chi connectivity index (χ3v) is 2.51. The van der Waals surface area contributed by atoms with Gasteiger partial charge in [-0.1, -0.05) is 0 Å². The predicted octanol–water partition coefficient (Wildman–Crippen LogP) is 2.22. The fourth-order valence-electron chi connectivity index (χ4n) is 0.809. The summed E-state index contributed by atoms with van der Waals surface area (Å²) in [5.74, 6) is -0.701. The van der Waals surface area contributed by atoms with Gasteiger partial charge in [-0.2, -0.15) is 0 Å². The van der Waals surface area contributed by atoms with Gasteiger partial charge in [0.25, 0.3) is 6.43 Å². The van der Waals surface area contributed by atoms with Gasteiger partial charge in [0.2, 0.25) is 0 Å². The normalized spacial score (nSPS) is 10.9. The Morgan fingerprint density at radius 1 is 1.54 bits per heavy atom. The molecule has 2 N–H and O–H groups in total. The quantitative estimate of drug-likeness (QED) is 0.851. The maximum Gasteiger partial charge on any atom is 0.281 e. The molecule has 0 spiro atoms. The van der Waals surface area contributed by atoms with Crippen molar-refractivity contribution in [2.75, 3.05) is 0 Å². The zero-order chi connectivity index (χ0) is 10.0. The van der Waals surface area contributed by atoms with E-state index < -0.39 is 17.9 Å². The van der Waals surface area contributed by atoms with Crippen molar-refractivity contribution in [3.05, 3.63) is 26.8 Å². The number of pyridine rings is 1. The summed E-state index contributed by atoms with van der Waals surface area (Å²) in [4.78, 5) is 3.43. The molecule has 0 aliphatic carbocycles. The molecule has 0 aromatic carbocycles. The fourth-order valence-corrected chi connectivity index (χ4v) is 1.53. The maximum absolute atomic E-state index is 13.2. The van der Waals surface area contributed by atoms with E-state index in [4.69, 9.17) is 5.73 Å². The summed E-state index contributed by atoms with van der Waals surface area (Å²) in [5, 5.41) is 0. The summed E-state index contributed by atoms with van der Waals surface area (Å²) in [7, 11) is 0. The van der Waals surface area contributed by atoms with Gasteiger partial charge in [0.15, 0.2) is 0 Å². The third-order valence-electron chi connectivity index (χ3n) is 1.49. The maximum atomic E-state index is 13.2. The molecule has 0 radical (unpaired) electrons. The molecule has 0 unspecified atom stereocenters. The number of alkyl halides is 2. The average Bonchev–Trinajstić information content (AvgIpc) is 2.09. The fraction of sp³-hybridized carbons (Fsp3) is 0.286. The van der Waals surface area contributed by atoms with Crippen LogP contribution in [0.2, 0.25) is 0 Å². The number of rotatable bonds is 2. The first-order valence-corrected chi connectivity index (χ1v) is 4.46. The molecular formula is C7H6F3IN2. The largest absolute Gasteiger partial charge is 0.326 e. The molecule has 0 fully saturated rings. The van der Waals surface area contributed by atoms with Crippen molar-refractivity contribution in [1.29, 1.82) is 0 Å². The second kappa shape index (κ2) is 4.23. The van der Waals surface area contributed by atoms with Gasteiger partial charge in [-0.15, -0.1) is 0 Å². The van der Waals surface area contributed by atoms with Crippen molar-refractivity contribution < 1.29 is 13.2 Å². The zero-order valence-electron chi connectivity index (χ0n) is 6.40. The van der Waals surface area contributed by atoms with Gasteiger partial charge in [0.1, 0.15) is 11.5 Å². The van der Waals surface area contributed by atoms with Crippen molar-refractivity contribution in [2.24, 2.45) is 5.73 Å². The Bertz CT molecular complexity index is 317. The van der Waals surface area contributed by atoms with E-state index in [0.29, 0.717) is 0 Å². The minimum atomic E-state index is -2.76. The molecular weight excluding hydrogens is 296 g/mol. The van der Waals surface area contributed by atoms with Gasteiger partial charge >= 0.3 is 0 Å².